The van der Waals surface area contributed by atoms with E-state index in [1.165, 1.54) is 4.90 Å². The summed E-state index contributed by atoms with van der Waals surface area (Å²) in [5.41, 5.74) is -0.326. The largest absolute Gasteiger partial charge is 0.405 e. The van der Waals surface area contributed by atoms with E-state index in [0.29, 0.717) is 36.8 Å². The molecule has 2 N–H and O–H groups in total. The van der Waals surface area contributed by atoms with Crippen molar-refractivity contribution in [1.82, 2.24) is 15.5 Å². The summed E-state index contributed by atoms with van der Waals surface area (Å²) < 4.78 is 40.2. The van der Waals surface area contributed by atoms with E-state index in [2.05, 4.69) is 10.6 Å². The maximum Gasteiger partial charge on any atom is 0.405 e. The summed E-state index contributed by atoms with van der Waals surface area (Å²) in [4.78, 5) is 13.9. The summed E-state index contributed by atoms with van der Waals surface area (Å²) in [5.74, 6) is -0.459. The molecule has 1 aromatic rings. The first kappa shape index (κ1) is 23.0. The second-order valence-corrected chi connectivity index (χ2v) is 7.13. The van der Waals surface area contributed by atoms with E-state index < -0.39 is 30.1 Å². The van der Waals surface area contributed by atoms with Crippen molar-refractivity contribution in [3.63, 3.8) is 0 Å². The van der Waals surface area contributed by atoms with E-state index >= 15 is 0 Å². The van der Waals surface area contributed by atoms with E-state index in [1.807, 2.05) is 0 Å². The van der Waals surface area contributed by atoms with Gasteiger partial charge in [0.15, 0.2) is 0 Å². The van der Waals surface area contributed by atoms with Gasteiger partial charge in [-0.3, -0.25) is 9.69 Å². The molecule has 0 radical (unpaired) electrons. The molecular weight excluding hydrogens is 390 g/mol. The van der Waals surface area contributed by atoms with Crippen molar-refractivity contribution in [3.8, 4) is 0 Å². The fourth-order valence-electron chi connectivity index (χ4n) is 2.86. The highest BCUT2D eigenvalue weighted by Gasteiger charge is 2.44. The summed E-state index contributed by atoms with van der Waals surface area (Å²) in [6, 6.07) is 5.10. The molecule has 1 saturated heterocycles. The lowest BCUT2D eigenvalue weighted by Crippen LogP contribution is -2.58. The Labute approximate surface area is 162 Å². The zero-order valence-corrected chi connectivity index (χ0v) is 16.3. The zero-order valence-electron chi connectivity index (χ0n) is 14.7. The van der Waals surface area contributed by atoms with Gasteiger partial charge in [-0.05, 0) is 31.5 Å². The van der Waals surface area contributed by atoms with Crippen molar-refractivity contribution in [2.45, 2.75) is 31.5 Å². The van der Waals surface area contributed by atoms with Crippen LogP contribution in [0, 0.1) is 0 Å². The number of halogens is 5. The maximum absolute atomic E-state index is 13.4. The van der Waals surface area contributed by atoms with Crippen LogP contribution in [0.25, 0.3) is 0 Å². The third-order valence-electron chi connectivity index (χ3n) is 4.54. The van der Waals surface area contributed by atoms with Gasteiger partial charge in [-0.2, -0.15) is 13.2 Å². The molecule has 1 amide bonds. The Balaban J connectivity index is 0.00000338. The Kier molecular flexibility index (Phi) is 8.20. The Morgan fingerprint density at radius 3 is 2.46 bits per heavy atom. The normalized spacial score (nSPS) is 17.3. The van der Waals surface area contributed by atoms with Crippen molar-refractivity contribution in [1.29, 1.82) is 0 Å². The van der Waals surface area contributed by atoms with E-state index in [0.717, 1.165) is 0 Å². The van der Waals surface area contributed by atoms with Crippen molar-refractivity contribution in [2.24, 2.45) is 0 Å². The van der Waals surface area contributed by atoms with Crippen LogP contribution >= 0.6 is 24.0 Å². The smallest absolute Gasteiger partial charge is 0.353 e. The van der Waals surface area contributed by atoms with Crippen molar-refractivity contribution < 1.29 is 18.0 Å². The van der Waals surface area contributed by atoms with Gasteiger partial charge < -0.3 is 10.6 Å². The lowest BCUT2D eigenvalue weighted by atomic mass is 9.83. The molecule has 2 rings (SSSR count). The second-order valence-electron chi connectivity index (χ2n) is 6.69. The van der Waals surface area contributed by atoms with Crippen LogP contribution in [0.15, 0.2) is 24.3 Å². The van der Waals surface area contributed by atoms with Gasteiger partial charge >= 0.3 is 6.18 Å². The Bertz CT molecular complexity index is 605. The van der Waals surface area contributed by atoms with Crippen molar-refractivity contribution in [3.05, 3.63) is 34.9 Å². The first-order valence-corrected chi connectivity index (χ1v) is 8.56. The van der Waals surface area contributed by atoms with Crippen LogP contribution in [0.2, 0.25) is 5.02 Å². The summed E-state index contributed by atoms with van der Waals surface area (Å²) >= 11 is 5.95. The van der Waals surface area contributed by atoms with Crippen molar-refractivity contribution >= 4 is 29.9 Å². The van der Waals surface area contributed by atoms with Gasteiger partial charge in [-0.1, -0.05) is 23.7 Å². The van der Waals surface area contributed by atoms with Gasteiger partial charge in [-0.15, -0.1) is 12.4 Å². The predicted octanol–water partition coefficient (Wildman–Crippen LogP) is 2.99. The van der Waals surface area contributed by atoms with Crippen LogP contribution in [-0.2, 0) is 10.2 Å². The quantitative estimate of drug-likeness (QED) is 0.779. The number of alkyl halides is 3. The number of amides is 1. The Hall–Kier alpha value is -1.02. The topological polar surface area (TPSA) is 44.4 Å². The lowest BCUT2D eigenvalue weighted by molar-refractivity contribution is -0.184. The highest BCUT2D eigenvalue weighted by molar-refractivity contribution is 6.30. The molecular formula is C17H24Cl2F3N3O. The minimum atomic E-state index is -4.40. The molecule has 0 aromatic heterocycles. The Morgan fingerprint density at radius 2 is 1.92 bits per heavy atom. The van der Waals surface area contributed by atoms with E-state index in [-0.39, 0.29) is 12.4 Å². The van der Waals surface area contributed by atoms with Crippen molar-refractivity contribution in [2.75, 3.05) is 32.7 Å². The number of hydrogen-bond acceptors (Lipinski definition) is 3. The molecule has 1 aliphatic rings. The number of nitrogens with one attached hydrogen (secondary N) is 2. The maximum atomic E-state index is 13.4. The predicted molar refractivity (Wildman–Crippen MR) is 99.0 cm³/mol. The van der Waals surface area contributed by atoms with Gasteiger partial charge in [0.2, 0.25) is 5.91 Å². The SMILES string of the molecule is CC(C)(C(=O)NCC(N1CCNCC1)C(F)(F)F)c1cccc(Cl)c1.Cl. The Morgan fingerprint density at radius 1 is 1.31 bits per heavy atom. The first-order valence-electron chi connectivity index (χ1n) is 8.18. The van der Waals surface area contributed by atoms with Crippen LogP contribution in [0.5, 0.6) is 0 Å². The number of nitrogens with zero attached hydrogens (tertiary/aromatic N) is 1. The van der Waals surface area contributed by atoms with Crippen LogP contribution in [0.3, 0.4) is 0 Å². The number of hydrogen-bond donors (Lipinski definition) is 2. The minimum Gasteiger partial charge on any atom is -0.353 e. The third-order valence-corrected chi connectivity index (χ3v) is 4.78. The highest BCUT2D eigenvalue weighted by Crippen LogP contribution is 2.27. The number of rotatable bonds is 5. The summed E-state index contributed by atoms with van der Waals surface area (Å²) in [6.45, 7) is 4.49. The summed E-state index contributed by atoms with van der Waals surface area (Å²) in [6.07, 6.45) is -4.40. The van der Waals surface area contributed by atoms with E-state index in [1.54, 1.807) is 38.1 Å². The molecule has 148 valence electrons. The van der Waals surface area contributed by atoms with Gasteiger partial charge in [0.25, 0.3) is 0 Å². The van der Waals surface area contributed by atoms with Gasteiger partial charge in [-0.25, -0.2) is 0 Å². The molecule has 9 heteroatoms. The number of benzene rings is 1. The zero-order chi connectivity index (χ0) is 18.7. The molecule has 4 nitrogen and oxygen atoms in total. The average Bonchev–Trinajstić information content (AvgIpc) is 2.54. The molecule has 1 aromatic carbocycles. The lowest BCUT2D eigenvalue weighted by Gasteiger charge is -2.36. The van der Waals surface area contributed by atoms with Crippen LogP contribution in [0.1, 0.15) is 19.4 Å². The number of carbonyl (C=O) groups is 1. The van der Waals surface area contributed by atoms with Crippen LogP contribution in [-0.4, -0.2) is 55.7 Å². The standard InChI is InChI=1S/C17H23ClF3N3O.ClH/c1-16(2,12-4-3-5-13(18)10-12)15(25)23-11-14(17(19,20)21)24-8-6-22-7-9-24;/h3-5,10,14,22H,6-9,11H2,1-2H3,(H,23,25);1H. The molecule has 0 bridgehead atoms. The van der Waals surface area contributed by atoms with E-state index in [4.69, 9.17) is 11.6 Å². The van der Waals surface area contributed by atoms with Gasteiger partial charge in [0.1, 0.15) is 6.04 Å². The molecule has 0 saturated carbocycles. The fourth-order valence-corrected chi connectivity index (χ4v) is 3.05. The number of carbonyl (C=O) groups excluding carboxylic acids is 1. The van der Waals surface area contributed by atoms with Crippen LogP contribution in [0.4, 0.5) is 13.2 Å². The first-order chi connectivity index (χ1) is 11.6. The van der Waals surface area contributed by atoms with Gasteiger partial charge in [0, 0.05) is 37.7 Å². The molecule has 1 heterocycles. The highest BCUT2D eigenvalue weighted by atomic mass is 35.5. The third kappa shape index (κ3) is 5.74. The van der Waals surface area contributed by atoms with E-state index in [9.17, 15) is 18.0 Å². The second kappa shape index (κ2) is 9.26. The monoisotopic (exact) mass is 413 g/mol. The molecule has 0 aliphatic carbocycles. The summed E-state index contributed by atoms with van der Waals surface area (Å²) in [7, 11) is 0. The van der Waals surface area contributed by atoms with Gasteiger partial charge in [0.05, 0.1) is 5.41 Å². The molecule has 1 atom stereocenters. The summed E-state index contributed by atoms with van der Waals surface area (Å²) in [5, 5.41) is 5.99. The molecule has 1 unspecified atom stereocenters. The molecule has 26 heavy (non-hydrogen) atoms. The fraction of sp³-hybridized carbons (Fsp3) is 0.588. The number of piperazine rings is 1. The molecule has 0 spiro atoms. The molecule has 1 fully saturated rings. The average molecular weight is 414 g/mol. The minimum absolute atomic E-state index is 0. The van der Waals surface area contributed by atoms with Crippen LogP contribution < -0.4 is 10.6 Å². The molecule has 1 aliphatic heterocycles.